The maximum Gasteiger partial charge on any atom is 0.472 e. The van der Waals surface area contributed by atoms with Gasteiger partial charge in [0.25, 0.3) is 0 Å². The van der Waals surface area contributed by atoms with Crippen LogP contribution in [0, 0.1) is 0 Å². The molecule has 0 fully saturated rings. The lowest BCUT2D eigenvalue weighted by molar-refractivity contribution is -0.161. The summed E-state index contributed by atoms with van der Waals surface area (Å²) in [7, 11) is -4.39. The van der Waals surface area contributed by atoms with Gasteiger partial charge < -0.3 is 20.1 Å². The van der Waals surface area contributed by atoms with E-state index in [2.05, 4.69) is 62.5 Å². The molecule has 0 aliphatic carbocycles. The van der Waals surface area contributed by atoms with Crippen LogP contribution in [-0.2, 0) is 32.7 Å². The molecule has 0 heterocycles. The smallest absolute Gasteiger partial charge is 0.462 e. The molecule has 0 radical (unpaired) electrons. The number of carbonyl (C=O) groups excluding carboxylic acids is 2. The maximum atomic E-state index is 12.5. The fourth-order valence-electron chi connectivity index (χ4n) is 4.99. The minimum Gasteiger partial charge on any atom is -0.462 e. The summed E-state index contributed by atoms with van der Waals surface area (Å²) in [5, 5.41) is 0. The molecule has 0 rings (SSSR count). The zero-order chi connectivity index (χ0) is 37.5. The molecule has 0 aromatic carbocycles. The van der Waals surface area contributed by atoms with Gasteiger partial charge in [-0.3, -0.25) is 18.6 Å². The van der Waals surface area contributed by atoms with E-state index in [0.717, 1.165) is 51.4 Å². The monoisotopic (exact) mass is 737 g/mol. The van der Waals surface area contributed by atoms with Gasteiger partial charge in [-0.2, -0.15) is 0 Å². The zero-order valence-electron chi connectivity index (χ0n) is 32.1. The fourth-order valence-corrected chi connectivity index (χ4v) is 5.76. The molecule has 0 aliphatic rings. The molecule has 0 saturated heterocycles. The van der Waals surface area contributed by atoms with Crippen LogP contribution in [0.25, 0.3) is 0 Å². The van der Waals surface area contributed by atoms with Gasteiger partial charge in [0.1, 0.15) is 6.61 Å². The molecule has 9 nitrogen and oxygen atoms in total. The fraction of sp³-hybridized carbons (Fsp3) is 0.707. The van der Waals surface area contributed by atoms with Gasteiger partial charge in [-0.15, -0.1) is 0 Å². The van der Waals surface area contributed by atoms with Crippen LogP contribution in [-0.4, -0.2) is 49.3 Å². The molecule has 0 aliphatic heterocycles. The lowest BCUT2D eigenvalue weighted by atomic mass is 10.1. The number of hydrogen-bond donors (Lipinski definition) is 2. The van der Waals surface area contributed by atoms with Crippen LogP contribution in [0.2, 0.25) is 0 Å². The van der Waals surface area contributed by atoms with E-state index in [9.17, 15) is 19.0 Å². The summed E-state index contributed by atoms with van der Waals surface area (Å²) in [6, 6.07) is 0. The molecular weight excluding hydrogens is 665 g/mol. The normalized spacial score (nSPS) is 14.0. The number of nitrogens with two attached hydrogens (primary N) is 1. The van der Waals surface area contributed by atoms with Gasteiger partial charge in [0.15, 0.2) is 6.10 Å². The second kappa shape index (κ2) is 37.5. The number of esters is 2. The first kappa shape index (κ1) is 48.7. The topological polar surface area (TPSA) is 134 Å². The summed E-state index contributed by atoms with van der Waals surface area (Å²) in [5.41, 5.74) is 5.33. The van der Waals surface area contributed by atoms with Crippen LogP contribution in [0.4, 0.5) is 0 Å². The number of phosphoric ester groups is 1. The largest absolute Gasteiger partial charge is 0.472 e. The lowest BCUT2D eigenvalue weighted by Crippen LogP contribution is -2.29. The molecule has 3 N–H and O–H groups in total. The van der Waals surface area contributed by atoms with Crippen LogP contribution in [0.15, 0.2) is 60.8 Å². The van der Waals surface area contributed by atoms with Crippen molar-refractivity contribution in [3.63, 3.8) is 0 Å². The molecule has 0 aromatic heterocycles. The SMILES string of the molecule is CC/C=C\C/C=C\C/C=C\C/C=C\CCC(=O)OC(COC(=O)CCCCCCCCC/C=C\CCCCCCCC)COP(=O)(O)OCCN. The molecule has 2 unspecified atom stereocenters. The van der Waals surface area contributed by atoms with Crippen molar-refractivity contribution in [1.29, 1.82) is 0 Å². The quantitative estimate of drug-likeness (QED) is 0.0279. The van der Waals surface area contributed by atoms with E-state index < -0.39 is 32.5 Å². The second-order valence-corrected chi connectivity index (χ2v) is 14.2. The average molecular weight is 738 g/mol. The van der Waals surface area contributed by atoms with Crippen LogP contribution >= 0.6 is 7.82 Å². The van der Waals surface area contributed by atoms with E-state index in [1.54, 1.807) is 0 Å². The Morgan fingerprint density at radius 1 is 0.608 bits per heavy atom. The molecule has 0 spiro atoms. The van der Waals surface area contributed by atoms with Crippen molar-refractivity contribution in [2.24, 2.45) is 5.73 Å². The Hall–Kier alpha value is -2.29. The second-order valence-electron chi connectivity index (χ2n) is 12.8. The third-order valence-electron chi connectivity index (χ3n) is 7.90. The van der Waals surface area contributed by atoms with Gasteiger partial charge in [-0.25, -0.2) is 4.57 Å². The van der Waals surface area contributed by atoms with E-state index in [4.69, 9.17) is 24.3 Å². The third kappa shape index (κ3) is 37.3. The number of allylic oxidation sites excluding steroid dienone is 10. The summed E-state index contributed by atoms with van der Waals surface area (Å²) < 4.78 is 32.6. The average Bonchev–Trinajstić information content (AvgIpc) is 3.11. The van der Waals surface area contributed by atoms with Crippen LogP contribution in [0.3, 0.4) is 0 Å². The van der Waals surface area contributed by atoms with E-state index in [1.165, 1.54) is 64.2 Å². The Labute approximate surface area is 310 Å². The van der Waals surface area contributed by atoms with Gasteiger partial charge in [-0.1, -0.05) is 139 Å². The summed E-state index contributed by atoms with van der Waals surface area (Å²) in [4.78, 5) is 34.7. The molecule has 2 atom stereocenters. The Kier molecular flexibility index (Phi) is 35.8. The number of rotatable bonds is 36. The molecule has 10 heteroatoms. The lowest BCUT2D eigenvalue weighted by Gasteiger charge is -2.19. The van der Waals surface area contributed by atoms with E-state index >= 15 is 0 Å². The molecule has 0 bridgehead atoms. The van der Waals surface area contributed by atoms with Gasteiger partial charge in [-0.05, 0) is 64.2 Å². The van der Waals surface area contributed by atoms with Crippen molar-refractivity contribution < 1.29 is 37.6 Å². The summed E-state index contributed by atoms with van der Waals surface area (Å²) >= 11 is 0. The highest BCUT2D eigenvalue weighted by Crippen LogP contribution is 2.43. The number of unbranched alkanes of at least 4 members (excludes halogenated alkanes) is 13. The van der Waals surface area contributed by atoms with Crippen molar-refractivity contribution >= 4 is 19.8 Å². The minimum absolute atomic E-state index is 0.0399. The van der Waals surface area contributed by atoms with Crippen molar-refractivity contribution in [2.75, 3.05) is 26.4 Å². The molecule has 0 saturated carbocycles. The highest BCUT2D eigenvalue weighted by Gasteiger charge is 2.25. The predicted molar refractivity (Wildman–Crippen MR) is 210 cm³/mol. The predicted octanol–water partition coefficient (Wildman–Crippen LogP) is 10.9. The summed E-state index contributed by atoms with van der Waals surface area (Å²) in [5.74, 6) is -0.933. The van der Waals surface area contributed by atoms with Crippen LogP contribution in [0.1, 0.15) is 155 Å². The highest BCUT2D eigenvalue weighted by molar-refractivity contribution is 7.47. The highest BCUT2D eigenvalue weighted by atomic mass is 31.2. The van der Waals surface area contributed by atoms with Crippen molar-refractivity contribution in [1.82, 2.24) is 0 Å². The summed E-state index contributed by atoms with van der Waals surface area (Å²) in [6.07, 6.45) is 42.7. The van der Waals surface area contributed by atoms with Gasteiger partial charge in [0.2, 0.25) is 0 Å². The number of ether oxygens (including phenoxy) is 2. The van der Waals surface area contributed by atoms with E-state index in [-0.39, 0.29) is 32.6 Å². The first-order chi connectivity index (χ1) is 24.8. The Morgan fingerprint density at radius 3 is 1.69 bits per heavy atom. The van der Waals surface area contributed by atoms with E-state index in [0.29, 0.717) is 12.8 Å². The van der Waals surface area contributed by atoms with Crippen molar-refractivity contribution in [2.45, 2.75) is 161 Å². The van der Waals surface area contributed by atoms with Crippen LogP contribution < -0.4 is 5.73 Å². The van der Waals surface area contributed by atoms with Crippen molar-refractivity contribution in [3.8, 4) is 0 Å². The first-order valence-corrected chi connectivity index (χ1v) is 21.3. The number of phosphoric acid groups is 1. The van der Waals surface area contributed by atoms with Gasteiger partial charge in [0, 0.05) is 19.4 Å². The standard InChI is InChI=1S/C41H72NO8P/c1-3-5-7-9-11-13-15-17-18-19-20-22-23-25-27-29-31-33-40(43)47-37-39(38-49-51(45,46)48-36-35-42)50-41(44)34-32-30-28-26-24-21-16-14-12-10-8-6-4-2/h6,8,12,14,17-18,21,24,28,30,39H,3-5,7,9-11,13,15-16,19-20,22-23,25-27,29,31-38,42H2,1-2H3,(H,45,46)/b8-6-,14-12-,18-17-,24-21-,30-28-. The van der Waals surface area contributed by atoms with E-state index in [1.807, 2.05) is 12.2 Å². The minimum atomic E-state index is -4.39. The molecule has 0 aromatic rings. The maximum absolute atomic E-state index is 12.5. The third-order valence-corrected chi connectivity index (χ3v) is 8.89. The zero-order valence-corrected chi connectivity index (χ0v) is 33.0. The summed E-state index contributed by atoms with van der Waals surface area (Å²) in [6.45, 7) is 3.50. The van der Waals surface area contributed by atoms with Gasteiger partial charge >= 0.3 is 19.8 Å². The Bertz CT molecular complexity index is 1020. The molecule has 294 valence electrons. The van der Waals surface area contributed by atoms with Crippen LogP contribution in [0.5, 0.6) is 0 Å². The molecule has 51 heavy (non-hydrogen) atoms. The molecular formula is C41H72NO8P. The number of hydrogen-bond acceptors (Lipinski definition) is 8. The molecule has 0 amide bonds. The first-order valence-electron chi connectivity index (χ1n) is 19.8. The van der Waals surface area contributed by atoms with Crippen molar-refractivity contribution in [3.05, 3.63) is 60.8 Å². The number of carbonyl (C=O) groups is 2. The van der Waals surface area contributed by atoms with Gasteiger partial charge in [0.05, 0.1) is 13.2 Å². The Morgan fingerprint density at radius 2 is 1.12 bits per heavy atom. The Balaban J connectivity index is 4.28.